The number of carbonyl (C=O) groups is 1. The summed E-state index contributed by atoms with van der Waals surface area (Å²) < 4.78 is 5.56. The lowest BCUT2D eigenvalue weighted by Crippen LogP contribution is -2.50. The first kappa shape index (κ1) is 17.3. The first-order chi connectivity index (χ1) is 10.6. The predicted octanol–water partition coefficient (Wildman–Crippen LogP) is 3.95. The second-order valence-electron chi connectivity index (χ2n) is 7.06. The zero-order valence-corrected chi connectivity index (χ0v) is 14.4. The van der Waals surface area contributed by atoms with Gasteiger partial charge in [-0.25, -0.2) is 0 Å². The van der Waals surface area contributed by atoms with Gasteiger partial charge in [0.2, 0.25) is 0 Å². The van der Waals surface area contributed by atoms with E-state index >= 15 is 0 Å². The van der Waals surface area contributed by atoms with Crippen molar-refractivity contribution in [2.75, 3.05) is 27.2 Å². The Morgan fingerprint density at radius 3 is 2.45 bits per heavy atom. The predicted molar refractivity (Wildman–Crippen MR) is 90.7 cm³/mol. The fourth-order valence-electron chi connectivity index (χ4n) is 4.20. The Bertz CT molecular complexity index is 433. The normalized spacial score (nSPS) is 27.1. The van der Waals surface area contributed by atoms with Crippen LogP contribution in [0.5, 0.6) is 0 Å². The van der Waals surface area contributed by atoms with Crippen molar-refractivity contribution in [3.05, 3.63) is 24.3 Å². The zero-order valence-electron chi connectivity index (χ0n) is 14.4. The molecule has 0 heterocycles. The zero-order chi connectivity index (χ0) is 16.1. The minimum Gasteiger partial charge on any atom is -0.466 e. The average Bonchev–Trinajstić information content (AvgIpc) is 2.54. The van der Waals surface area contributed by atoms with Gasteiger partial charge in [-0.15, -0.1) is 0 Å². The minimum atomic E-state index is -0.335. The molecular formula is C19H31NO2. The number of carbonyl (C=O) groups excluding carboxylic acids is 1. The fourth-order valence-corrected chi connectivity index (χ4v) is 4.20. The number of esters is 1. The summed E-state index contributed by atoms with van der Waals surface area (Å²) in [5, 5.41) is 0. The second-order valence-corrected chi connectivity index (χ2v) is 7.06. The largest absolute Gasteiger partial charge is 0.466 e. The molecule has 0 radical (unpaired) electrons. The molecule has 0 aliphatic heterocycles. The van der Waals surface area contributed by atoms with Crippen LogP contribution in [-0.2, 0) is 9.53 Å². The van der Waals surface area contributed by atoms with Gasteiger partial charge >= 0.3 is 5.97 Å². The minimum absolute atomic E-state index is 0.0356. The number of rotatable bonds is 6. The van der Waals surface area contributed by atoms with E-state index in [0.29, 0.717) is 6.61 Å². The summed E-state index contributed by atoms with van der Waals surface area (Å²) in [6.45, 7) is 3.39. The quantitative estimate of drug-likeness (QED) is 0.696. The van der Waals surface area contributed by atoms with E-state index in [-0.39, 0.29) is 16.8 Å². The van der Waals surface area contributed by atoms with Crippen molar-refractivity contribution in [2.24, 2.45) is 10.8 Å². The topological polar surface area (TPSA) is 29.5 Å². The van der Waals surface area contributed by atoms with Crippen LogP contribution in [0.2, 0.25) is 0 Å². The molecule has 0 spiro atoms. The Morgan fingerprint density at radius 2 is 1.91 bits per heavy atom. The van der Waals surface area contributed by atoms with Crippen molar-refractivity contribution >= 4 is 5.97 Å². The van der Waals surface area contributed by atoms with Crippen LogP contribution in [0.3, 0.4) is 0 Å². The fraction of sp³-hybridized carbons (Fsp3) is 0.737. The maximum absolute atomic E-state index is 13.0. The van der Waals surface area contributed by atoms with Crippen LogP contribution in [0, 0.1) is 10.8 Å². The smallest absolute Gasteiger partial charge is 0.312 e. The Balaban J connectivity index is 2.36. The Morgan fingerprint density at radius 1 is 1.18 bits per heavy atom. The number of hydrogen-bond acceptors (Lipinski definition) is 3. The van der Waals surface area contributed by atoms with Gasteiger partial charge in [0.25, 0.3) is 0 Å². The molecular weight excluding hydrogens is 274 g/mol. The lowest BCUT2D eigenvalue weighted by molar-refractivity contribution is -0.167. The summed E-state index contributed by atoms with van der Waals surface area (Å²) in [6.07, 6.45) is 16.2. The van der Waals surface area contributed by atoms with Crippen LogP contribution in [0.25, 0.3) is 0 Å². The second kappa shape index (κ2) is 7.45. The van der Waals surface area contributed by atoms with E-state index in [9.17, 15) is 4.79 Å². The maximum Gasteiger partial charge on any atom is 0.312 e. The van der Waals surface area contributed by atoms with E-state index in [1.165, 1.54) is 6.42 Å². The molecule has 0 amide bonds. The molecule has 2 aliphatic carbocycles. The Hall–Kier alpha value is -1.09. The van der Waals surface area contributed by atoms with Crippen molar-refractivity contribution < 1.29 is 9.53 Å². The highest BCUT2D eigenvalue weighted by atomic mass is 16.5. The van der Waals surface area contributed by atoms with Gasteiger partial charge in [-0.2, -0.15) is 0 Å². The van der Waals surface area contributed by atoms with Crippen molar-refractivity contribution in [3.8, 4) is 0 Å². The van der Waals surface area contributed by atoms with Gasteiger partial charge in [0.15, 0.2) is 0 Å². The number of ether oxygens (including phenoxy) is 1. The van der Waals surface area contributed by atoms with Gasteiger partial charge in [0.1, 0.15) is 0 Å². The summed E-state index contributed by atoms with van der Waals surface area (Å²) in [4.78, 5) is 15.2. The standard InChI is InChI=1S/C19H31NO2/c1-4-22-17(21)19(13-9-6-10-14-19)18(15-16-20(2)3)11-7-5-8-12-18/h5,7-8,11H,4,6,9-10,12-16H2,1-3H3. The molecule has 0 aromatic heterocycles. The van der Waals surface area contributed by atoms with Crippen LogP contribution in [0.1, 0.15) is 51.9 Å². The van der Waals surface area contributed by atoms with E-state index in [1.807, 2.05) is 6.92 Å². The van der Waals surface area contributed by atoms with Gasteiger partial charge in [-0.1, -0.05) is 43.6 Å². The summed E-state index contributed by atoms with van der Waals surface area (Å²) >= 11 is 0. The molecule has 1 atom stereocenters. The highest BCUT2D eigenvalue weighted by Crippen LogP contribution is 2.56. The van der Waals surface area contributed by atoms with Crippen molar-refractivity contribution in [1.29, 1.82) is 0 Å². The highest BCUT2D eigenvalue weighted by Gasteiger charge is 2.55. The van der Waals surface area contributed by atoms with Gasteiger partial charge in [-0.05, 0) is 53.2 Å². The van der Waals surface area contributed by atoms with Crippen LogP contribution < -0.4 is 0 Å². The van der Waals surface area contributed by atoms with Crippen molar-refractivity contribution in [2.45, 2.75) is 51.9 Å². The van der Waals surface area contributed by atoms with E-state index in [4.69, 9.17) is 4.74 Å². The molecule has 1 fully saturated rings. The number of allylic oxidation sites excluding steroid dienone is 4. The average molecular weight is 305 g/mol. The summed E-state index contributed by atoms with van der Waals surface area (Å²) in [5.74, 6) is 0.0356. The molecule has 3 heteroatoms. The maximum atomic E-state index is 13.0. The molecule has 2 rings (SSSR count). The van der Waals surface area contributed by atoms with Crippen LogP contribution in [-0.4, -0.2) is 38.1 Å². The molecule has 0 saturated heterocycles. The SMILES string of the molecule is CCOC(=O)C1(C2(CCN(C)C)C=CC=CC2)CCCCC1. The third-order valence-electron chi connectivity index (χ3n) is 5.48. The molecule has 124 valence electrons. The summed E-state index contributed by atoms with van der Waals surface area (Å²) in [5.41, 5.74) is -0.419. The van der Waals surface area contributed by atoms with E-state index in [2.05, 4.69) is 43.3 Å². The number of nitrogens with zero attached hydrogens (tertiary/aromatic N) is 1. The van der Waals surface area contributed by atoms with Crippen molar-refractivity contribution in [3.63, 3.8) is 0 Å². The molecule has 0 aromatic rings. The van der Waals surface area contributed by atoms with Crippen LogP contribution in [0.15, 0.2) is 24.3 Å². The first-order valence-electron chi connectivity index (χ1n) is 8.73. The lowest BCUT2D eigenvalue weighted by atomic mass is 9.53. The monoisotopic (exact) mass is 305 g/mol. The van der Waals surface area contributed by atoms with Crippen molar-refractivity contribution in [1.82, 2.24) is 4.90 Å². The Labute approximate surface area is 135 Å². The molecule has 22 heavy (non-hydrogen) atoms. The number of hydrogen-bond donors (Lipinski definition) is 0. The Kier molecular flexibility index (Phi) is 5.85. The van der Waals surface area contributed by atoms with E-state index in [0.717, 1.165) is 45.1 Å². The molecule has 2 aliphatic rings. The summed E-state index contributed by atoms with van der Waals surface area (Å²) in [7, 11) is 4.21. The third-order valence-corrected chi connectivity index (χ3v) is 5.48. The molecule has 1 unspecified atom stereocenters. The first-order valence-corrected chi connectivity index (χ1v) is 8.73. The molecule has 0 bridgehead atoms. The highest BCUT2D eigenvalue weighted by molar-refractivity contribution is 5.79. The molecule has 1 saturated carbocycles. The van der Waals surface area contributed by atoms with Crippen LogP contribution in [0.4, 0.5) is 0 Å². The van der Waals surface area contributed by atoms with E-state index < -0.39 is 0 Å². The van der Waals surface area contributed by atoms with Gasteiger partial charge in [0.05, 0.1) is 12.0 Å². The summed E-state index contributed by atoms with van der Waals surface area (Å²) in [6, 6.07) is 0. The van der Waals surface area contributed by atoms with Gasteiger partial charge in [-0.3, -0.25) is 4.79 Å². The lowest BCUT2D eigenvalue weighted by Gasteiger charge is -2.50. The third kappa shape index (κ3) is 3.29. The molecule has 0 N–H and O–H groups in total. The van der Waals surface area contributed by atoms with Crippen LogP contribution >= 0.6 is 0 Å². The van der Waals surface area contributed by atoms with Gasteiger partial charge < -0.3 is 9.64 Å². The van der Waals surface area contributed by atoms with E-state index in [1.54, 1.807) is 0 Å². The molecule has 3 nitrogen and oxygen atoms in total. The molecule has 0 aromatic carbocycles. The van der Waals surface area contributed by atoms with Gasteiger partial charge in [0, 0.05) is 5.41 Å².